The molecule has 0 unspecified atom stereocenters. The molecule has 2 fully saturated rings. The van der Waals surface area contributed by atoms with Gasteiger partial charge in [0.15, 0.2) is 47.9 Å². The number of ether oxygens (including phenoxy) is 2. The van der Waals surface area contributed by atoms with Crippen molar-refractivity contribution in [1.29, 1.82) is 0 Å². The van der Waals surface area contributed by atoms with Crippen molar-refractivity contribution in [3.63, 3.8) is 0 Å². The number of carbonyl (C=O) groups excluding carboxylic acids is 4. The number of carboxylic acids is 2. The molecule has 2 atom stereocenters. The Morgan fingerprint density at radius 3 is 1.06 bits per heavy atom. The maximum Gasteiger partial charge on any atom is 0.403 e. The van der Waals surface area contributed by atoms with Crippen LogP contribution in [0.3, 0.4) is 0 Å². The summed E-state index contributed by atoms with van der Waals surface area (Å²) in [5.74, 6) is 1.22. The van der Waals surface area contributed by atoms with Crippen molar-refractivity contribution in [1.82, 2.24) is 40.1 Å². The van der Waals surface area contributed by atoms with E-state index in [0.29, 0.717) is 91.5 Å². The highest BCUT2D eigenvalue weighted by molar-refractivity contribution is 9.10. The number of halogens is 3. The molecule has 1 aromatic carbocycles. The zero-order valence-electron chi connectivity index (χ0n) is 81.2. The lowest BCUT2D eigenvalue weighted by molar-refractivity contribution is 0.0520. The molecule has 0 aliphatic carbocycles. The van der Waals surface area contributed by atoms with Crippen LogP contribution >= 0.6 is 67.0 Å². The van der Waals surface area contributed by atoms with Crippen molar-refractivity contribution >= 4 is 144 Å². The number of aromatic carboxylic acids is 2. The minimum absolute atomic E-state index is 0.00515. The monoisotopic (exact) mass is 2080 g/mol. The van der Waals surface area contributed by atoms with Gasteiger partial charge in [-0.3, -0.25) is 39.5 Å². The van der Waals surface area contributed by atoms with Crippen LogP contribution in [0.1, 0.15) is 204 Å². The summed E-state index contributed by atoms with van der Waals surface area (Å²) in [5.41, 5.74) is 4.70. The average molecular weight is 2080 g/mol. The number of pyridine rings is 6. The molecule has 0 bridgehead atoms. The second-order valence-electron chi connectivity index (χ2n) is 37.4. The number of aliphatic hydroxyl groups is 3. The van der Waals surface area contributed by atoms with E-state index >= 15 is 0 Å². The third-order valence-electron chi connectivity index (χ3n) is 22.8. The number of nitrogens with zero attached hydrogens (tertiary/aromatic N) is 7. The lowest BCUT2D eigenvalue weighted by Gasteiger charge is -2.36. The van der Waals surface area contributed by atoms with E-state index in [4.69, 9.17) is 69.1 Å². The van der Waals surface area contributed by atoms with Gasteiger partial charge in [-0.2, -0.15) is 23.5 Å². The predicted molar refractivity (Wildman–Crippen MR) is 540 cm³/mol. The van der Waals surface area contributed by atoms with Gasteiger partial charge in [0.25, 0.3) is 5.91 Å². The van der Waals surface area contributed by atoms with E-state index in [1.54, 1.807) is 110 Å². The maximum absolute atomic E-state index is 13.0. The second kappa shape index (κ2) is 58.0. The highest BCUT2D eigenvalue weighted by Crippen LogP contribution is 2.42. The van der Waals surface area contributed by atoms with Gasteiger partial charge in [-0.1, -0.05) is 110 Å². The molecule has 8 N–H and O–H groups in total. The van der Waals surface area contributed by atoms with Crippen molar-refractivity contribution in [2.75, 3.05) is 62.5 Å². The van der Waals surface area contributed by atoms with Gasteiger partial charge < -0.3 is 77.6 Å². The molecule has 2 aliphatic heterocycles. The summed E-state index contributed by atoms with van der Waals surface area (Å²) in [5, 5.41) is 66.7. The predicted octanol–water partition coefficient (Wildman–Crippen LogP) is 21.2. The number of aliphatic hydroxyl groups excluding tert-OH is 3. The molecule has 9 rings (SSSR count). The van der Waals surface area contributed by atoms with Gasteiger partial charge in [-0.05, 0) is 221 Å². The zero-order chi connectivity index (χ0) is 99.5. The molecule has 0 saturated carbocycles. The first-order valence-corrected chi connectivity index (χ1v) is 61.6. The largest absolute Gasteiger partial charge is 0.507 e. The summed E-state index contributed by atoms with van der Waals surface area (Å²) in [6, 6.07) is 25.4. The fourth-order valence-corrected chi connectivity index (χ4v) is 16.8. The number of aromatic nitrogens is 6. The molecule has 8 heterocycles. The number of nitrogens with one attached hydrogen (secondary N) is 1. The van der Waals surface area contributed by atoms with Crippen molar-refractivity contribution in [2.24, 2.45) is 0 Å². The molecule has 38 heteroatoms. The summed E-state index contributed by atoms with van der Waals surface area (Å²) in [6.45, 7) is 62.6. The number of rotatable bonds is 25. The zero-order valence-corrected chi connectivity index (χ0v) is 91.7. The number of aromatic hydroxyl groups is 2. The fourth-order valence-electron chi connectivity index (χ4n) is 9.32. The number of phenols is 2. The molecule has 1 amide bonds. The Labute approximate surface area is 807 Å². The van der Waals surface area contributed by atoms with Crippen LogP contribution in [-0.2, 0) is 71.2 Å². The average Bonchev–Trinajstić information content (AvgIpc) is 0.801. The smallest absolute Gasteiger partial charge is 0.403 e. The SMILES string of the molecule is CC(C)(C)[Si](C)(C)OCc1ncccc1Br.CC(C)(C)[Si](C)(C)OCc1ncccc1C(=O)N1CCSC[C@H]1CO.CC(C)(C)[Si](C)(C)OCc1ncccc1C(=O)O.CC(C)(C)[Si](C)(C)OCc1ncccc1C(=O)O.CCOC(=O)Cl.CCOC(=O)c1cccnc1CO[Si](C)(C)C(C)(C)C.O=Cc1c(O)cccc1O.OC[C@@H]1CSCCN1.OCc1ncccc1Br. The molecule has 2 aliphatic rings. The first kappa shape index (κ1) is 121. The van der Waals surface area contributed by atoms with E-state index in [1.807, 2.05) is 42.1 Å². The normalized spacial score (nSPS) is 14.2. The number of benzene rings is 1. The Hall–Kier alpha value is -6.59. The molecule has 0 radical (unpaired) electrons. The number of hydrogen-bond donors (Lipinski definition) is 8. The van der Waals surface area contributed by atoms with E-state index in [0.717, 1.165) is 38.4 Å². The van der Waals surface area contributed by atoms with Crippen LogP contribution < -0.4 is 5.32 Å². The Morgan fingerprint density at radius 2 is 0.785 bits per heavy atom. The van der Waals surface area contributed by atoms with E-state index in [-0.39, 0.29) is 104 Å². The Balaban J connectivity index is 0.000000751. The number of carbonyl (C=O) groups is 6. The Morgan fingerprint density at radius 1 is 0.462 bits per heavy atom. The van der Waals surface area contributed by atoms with Crippen molar-refractivity contribution in [3.8, 4) is 11.5 Å². The van der Waals surface area contributed by atoms with Crippen LogP contribution in [0, 0.1) is 0 Å². The van der Waals surface area contributed by atoms with Crippen LogP contribution in [0.15, 0.2) is 137 Å². The summed E-state index contributed by atoms with van der Waals surface area (Å²) in [4.78, 5) is 93.6. The molecule has 2 saturated heterocycles. The molecule has 130 heavy (non-hydrogen) atoms. The summed E-state index contributed by atoms with van der Waals surface area (Å²) in [6.07, 6.45) is 10.4. The topological polar surface area (TPSA) is 401 Å². The van der Waals surface area contributed by atoms with Crippen LogP contribution in [0.5, 0.6) is 11.5 Å². The highest BCUT2D eigenvalue weighted by Gasteiger charge is 2.42. The van der Waals surface area contributed by atoms with E-state index in [1.165, 1.54) is 24.0 Å². The molecule has 0 spiro atoms. The van der Waals surface area contributed by atoms with Gasteiger partial charge in [0.1, 0.15) is 11.5 Å². The third-order valence-corrected chi connectivity index (χ3v) is 49.0. The fraction of sp³-hybridized carbons (Fsp3) is 0.543. The summed E-state index contributed by atoms with van der Waals surface area (Å²) >= 11 is 15.1. The molecule has 6 aromatic heterocycles. The standard InChI is InChI=1S/C18H30N2O3SSi.C15H25NO3Si.2C13H21NO3Si.C12H20BrNOSi.C7H6O3.C6H6BrNO.C5H11NOS.C3H5ClO2/c1-18(2,3)25(4,5)23-12-16-15(7-6-8-19-16)17(22)20-9-10-24-13-14(20)11-21;1-7-18-14(17)12-9-8-10-16-13(12)11-19-20(5,6)15(2,3)4;2*1-13(2,3)18(4,5)17-9-11-10(12(15)16)7-6-8-14-11;1-12(2,3)16(4,5)15-9-11-10(13)7-6-8-14-11;8-4-5-6(9)2-1-3-7(5)10;7-5-2-1-3-8-6(5)4-9;7-3-5-4-8-2-1-6-5;1-2-6-3(4)5/h6-8,14,21H,9-13H2,1-5H3;8-10H,7,11H2,1-6H3;2*6-8H,9H2,1-5H3,(H,15,16);6-8H,9H2,1-5H3;1-4,9-10H;1-3,9H,4H2;5-7H,1-4H2;2H2,1H3/t14-;;;;;;;5-;/m1......1./s1. The Bertz CT molecular complexity index is 4490. The lowest BCUT2D eigenvalue weighted by atomic mass is 10.1. The van der Waals surface area contributed by atoms with Crippen LogP contribution in [-0.4, -0.2) is 222 Å². The lowest BCUT2D eigenvalue weighted by Crippen LogP contribution is -2.48. The van der Waals surface area contributed by atoms with Crippen LogP contribution in [0.25, 0.3) is 0 Å². The summed E-state index contributed by atoms with van der Waals surface area (Å²) in [7, 11) is -9.20. The number of esters is 1. The number of hydrogen-bond acceptors (Lipinski definition) is 27. The van der Waals surface area contributed by atoms with Crippen molar-refractivity contribution in [2.45, 2.75) is 260 Å². The van der Waals surface area contributed by atoms with Crippen LogP contribution in [0.2, 0.25) is 90.7 Å². The molecule has 7 aromatic rings. The molecule has 726 valence electrons. The van der Waals surface area contributed by atoms with Gasteiger partial charge in [0.2, 0.25) is 0 Å². The molecular weight excluding hydrogens is 1940 g/mol. The van der Waals surface area contributed by atoms with Gasteiger partial charge in [-0.15, -0.1) is 0 Å². The minimum atomic E-state index is -1.91. The second-order valence-corrected chi connectivity index (χ2v) is 65.8. The van der Waals surface area contributed by atoms with Gasteiger partial charge in [0, 0.05) is 99.9 Å². The number of aldehydes is 1. The number of carboxylic acid groups (broad SMARTS) is 2. The summed E-state index contributed by atoms with van der Waals surface area (Å²) < 4.78 is 41.5. The minimum Gasteiger partial charge on any atom is -0.507 e. The highest BCUT2D eigenvalue weighted by atomic mass is 79.9. The van der Waals surface area contributed by atoms with Crippen LogP contribution in [0.4, 0.5) is 4.79 Å². The quantitative estimate of drug-likeness (QED) is 0.0114. The Kier molecular flexibility index (Phi) is 54.2. The van der Waals surface area contributed by atoms with Crippen molar-refractivity contribution in [3.05, 3.63) is 199 Å². The van der Waals surface area contributed by atoms with E-state index in [2.05, 4.69) is 241 Å². The van der Waals surface area contributed by atoms with Gasteiger partial charge in [-0.25, -0.2) is 19.2 Å². The van der Waals surface area contributed by atoms with E-state index in [9.17, 15) is 33.9 Å². The first-order chi connectivity index (χ1) is 60.2. The maximum atomic E-state index is 13.0. The van der Waals surface area contributed by atoms with Crippen molar-refractivity contribution < 1.29 is 96.1 Å². The van der Waals surface area contributed by atoms with Gasteiger partial charge >= 0.3 is 23.3 Å². The van der Waals surface area contributed by atoms with E-state index < -0.39 is 59.0 Å². The third kappa shape index (κ3) is 43.4. The number of thioether (sulfide) groups is 2. The first-order valence-electron chi connectivity index (χ1n) is 42.8. The number of phenolic OH excluding ortho intramolecular Hbond substituents is 2. The molecular formula is C92H145Br2ClN8O20S2Si5. The molecule has 28 nitrogen and oxygen atoms in total. The van der Waals surface area contributed by atoms with Gasteiger partial charge in [0.05, 0.1) is 134 Å². The number of amides is 1.